The Morgan fingerprint density at radius 3 is 2.57 bits per heavy atom. The second kappa shape index (κ2) is 8.47. The number of esters is 1. The van der Waals surface area contributed by atoms with Gasteiger partial charge in [-0.05, 0) is 36.6 Å². The van der Waals surface area contributed by atoms with Crippen LogP contribution in [0.5, 0.6) is 0 Å². The highest BCUT2D eigenvalue weighted by Crippen LogP contribution is 2.23. The molecule has 0 aliphatic heterocycles. The summed E-state index contributed by atoms with van der Waals surface area (Å²) in [6, 6.07) is 12.9. The summed E-state index contributed by atoms with van der Waals surface area (Å²) in [4.78, 5) is 29.0. The number of hydrogen-bond acceptors (Lipinski definition) is 5. The molecule has 3 rings (SSSR count). The molecule has 2 aromatic heterocycles. The number of benzene rings is 1. The van der Waals surface area contributed by atoms with Crippen LogP contribution in [0.2, 0.25) is 0 Å². The van der Waals surface area contributed by atoms with E-state index < -0.39 is 11.9 Å². The Bertz CT molecular complexity index is 980. The van der Waals surface area contributed by atoms with E-state index in [-0.39, 0.29) is 12.5 Å². The van der Waals surface area contributed by atoms with Crippen LogP contribution in [0.25, 0.3) is 5.82 Å². The summed E-state index contributed by atoms with van der Waals surface area (Å²) in [5.74, 6) is -0.368. The quantitative estimate of drug-likeness (QED) is 0.664. The lowest BCUT2D eigenvalue weighted by Gasteiger charge is -2.12. The molecular weight excluding hydrogens is 356 g/mol. The maximum Gasteiger partial charge on any atom is 0.342 e. The number of ether oxygens (including phenoxy) is 1. The molecule has 2 heterocycles. The normalized spacial score (nSPS) is 10.7. The van der Waals surface area contributed by atoms with Gasteiger partial charge in [-0.2, -0.15) is 5.10 Å². The summed E-state index contributed by atoms with van der Waals surface area (Å²) < 4.78 is 6.84. The van der Waals surface area contributed by atoms with E-state index in [0.717, 1.165) is 5.56 Å². The van der Waals surface area contributed by atoms with Gasteiger partial charge in [0.15, 0.2) is 12.4 Å². The van der Waals surface area contributed by atoms with Crippen molar-refractivity contribution < 1.29 is 14.3 Å². The Kier molecular flexibility index (Phi) is 5.84. The van der Waals surface area contributed by atoms with E-state index in [1.54, 1.807) is 16.9 Å². The molecule has 0 saturated heterocycles. The van der Waals surface area contributed by atoms with Crippen LogP contribution < -0.4 is 5.32 Å². The van der Waals surface area contributed by atoms with Crippen LogP contribution in [-0.4, -0.2) is 33.2 Å². The van der Waals surface area contributed by atoms with E-state index in [1.165, 1.54) is 6.20 Å². The molecule has 1 aromatic carbocycles. The summed E-state index contributed by atoms with van der Waals surface area (Å²) in [6.07, 6.45) is 3.11. The van der Waals surface area contributed by atoms with Crippen molar-refractivity contribution in [2.75, 3.05) is 11.9 Å². The molecule has 0 radical (unpaired) electrons. The van der Waals surface area contributed by atoms with Crippen molar-refractivity contribution in [2.45, 2.75) is 26.7 Å². The number of aromatic nitrogens is 3. The van der Waals surface area contributed by atoms with Gasteiger partial charge < -0.3 is 10.1 Å². The van der Waals surface area contributed by atoms with Crippen LogP contribution in [0.3, 0.4) is 0 Å². The molecule has 7 nitrogen and oxygen atoms in total. The van der Waals surface area contributed by atoms with Gasteiger partial charge in [-0.1, -0.05) is 38.1 Å². The SMILES string of the molecule is Cc1ccccc1NC(=O)COC(=O)c1cnn(-c2ccccn2)c1C(C)C. The van der Waals surface area contributed by atoms with Crippen LogP contribution in [0, 0.1) is 6.92 Å². The number of aryl methyl sites for hydroxylation is 1. The second-order valence-electron chi connectivity index (χ2n) is 6.64. The van der Waals surface area contributed by atoms with E-state index in [2.05, 4.69) is 15.4 Å². The van der Waals surface area contributed by atoms with Crippen LogP contribution in [0.1, 0.15) is 41.4 Å². The van der Waals surface area contributed by atoms with E-state index in [4.69, 9.17) is 4.74 Å². The highest BCUT2D eigenvalue weighted by Gasteiger charge is 2.23. The Morgan fingerprint density at radius 2 is 1.89 bits per heavy atom. The van der Waals surface area contributed by atoms with E-state index in [0.29, 0.717) is 22.8 Å². The van der Waals surface area contributed by atoms with Crippen molar-refractivity contribution >= 4 is 17.6 Å². The van der Waals surface area contributed by atoms with Gasteiger partial charge in [0.1, 0.15) is 5.56 Å². The first kappa shape index (κ1) is 19.3. The zero-order valence-corrected chi connectivity index (χ0v) is 16.0. The van der Waals surface area contributed by atoms with Gasteiger partial charge in [0.2, 0.25) is 0 Å². The molecule has 0 unspecified atom stereocenters. The molecule has 0 spiro atoms. The third-order valence-corrected chi connectivity index (χ3v) is 4.19. The smallest absolute Gasteiger partial charge is 0.342 e. The highest BCUT2D eigenvalue weighted by atomic mass is 16.5. The number of carbonyl (C=O) groups is 2. The van der Waals surface area contributed by atoms with E-state index in [9.17, 15) is 9.59 Å². The predicted molar refractivity (Wildman–Crippen MR) is 106 cm³/mol. The molecule has 3 aromatic rings. The van der Waals surface area contributed by atoms with Crippen molar-refractivity contribution in [3.8, 4) is 5.82 Å². The first-order valence-corrected chi connectivity index (χ1v) is 8.99. The number of nitrogens with one attached hydrogen (secondary N) is 1. The van der Waals surface area contributed by atoms with Crippen molar-refractivity contribution in [1.29, 1.82) is 0 Å². The fraction of sp³-hybridized carbons (Fsp3) is 0.238. The zero-order chi connectivity index (χ0) is 20.1. The maximum atomic E-state index is 12.6. The first-order chi connectivity index (χ1) is 13.5. The highest BCUT2D eigenvalue weighted by molar-refractivity contribution is 5.96. The molecule has 28 heavy (non-hydrogen) atoms. The van der Waals surface area contributed by atoms with Crippen LogP contribution in [-0.2, 0) is 9.53 Å². The van der Waals surface area contributed by atoms with Crippen molar-refractivity contribution in [3.63, 3.8) is 0 Å². The molecule has 0 atom stereocenters. The van der Waals surface area contributed by atoms with Crippen LogP contribution in [0.15, 0.2) is 54.9 Å². The summed E-state index contributed by atoms with van der Waals surface area (Å²) in [6.45, 7) is 5.43. The van der Waals surface area contributed by atoms with Gasteiger partial charge in [0, 0.05) is 11.9 Å². The Hall–Kier alpha value is -3.48. The van der Waals surface area contributed by atoms with Crippen LogP contribution in [0.4, 0.5) is 5.69 Å². The van der Waals surface area contributed by atoms with E-state index >= 15 is 0 Å². The molecule has 0 bridgehead atoms. The first-order valence-electron chi connectivity index (χ1n) is 8.99. The number of amides is 1. The molecule has 1 amide bonds. The maximum absolute atomic E-state index is 12.6. The van der Waals surface area contributed by atoms with Crippen LogP contribution >= 0.6 is 0 Å². The predicted octanol–water partition coefficient (Wildman–Crippen LogP) is 3.49. The third kappa shape index (κ3) is 4.25. The fourth-order valence-corrected chi connectivity index (χ4v) is 2.84. The topological polar surface area (TPSA) is 86.1 Å². The summed E-state index contributed by atoms with van der Waals surface area (Å²) >= 11 is 0. The zero-order valence-electron chi connectivity index (χ0n) is 16.0. The van der Waals surface area contributed by atoms with Gasteiger partial charge in [0.05, 0.1) is 11.9 Å². The minimum Gasteiger partial charge on any atom is -0.452 e. The van der Waals surface area contributed by atoms with Gasteiger partial charge in [0.25, 0.3) is 5.91 Å². The molecule has 144 valence electrons. The number of anilines is 1. The molecule has 1 N–H and O–H groups in total. The monoisotopic (exact) mass is 378 g/mol. The molecule has 7 heteroatoms. The number of carbonyl (C=O) groups excluding carboxylic acids is 2. The Labute approximate surface area is 163 Å². The number of nitrogens with zero attached hydrogens (tertiary/aromatic N) is 3. The lowest BCUT2D eigenvalue weighted by atomic mass is 10.1. The summed E-state index contributed by atoms with van der Waals surface area (Å²) in [5.41, 5.74) is 2.63. The lowest BCUT2D eigenvalue weighted by molar-refractivity contribution is -0.119. The van der Waals surface area contributed by atoms with Crippen molar-refractivity contribution in [2.24, 2.45) is 0 Å². The Balaban J connectivity index is 1.72. The van der Waals surface area contributed by atoms with Crippen molar-refractivity contribution in [3.05, 3.63) is 71.7 Å². The molecule has 0 fully saturated rings. The average molecular weight is 378 g/mol. The number of hydrogen-bond donors (Lipinski definition) is 1. The van der Waals surface area contributed by atoms with Gasteiger partial charge in [-0.15, -0.1) is 0 Å². The largest absolute Gasteiger partial charge is 0.452 e. The lowest BCUT2D eigenvalue weighted by Crippen LogP contribution is -2.22. The van der Waals surface area contributed by atoms with Crippen molar-refractivity contribution in [1.82, 2.24) is 14.8 Å². The summed E-state index contributed by atoms with van der Waals surface area (Å²) in [7, 11) is 0. The fourth-order valence-electron chi connectivity index (χ4n) is 2.84. The Morgan fingerprint density at radius 1 is 1.14 bits per heavy atom. The number of para-hydroxylation sites is 1. The van der Waals surface area contributed by atoms with E-state index in [1.807, 2.05) is 57.2 Å². The standard InChI is InChI=1S/C21H22N4O3/c1-14(2)20-16(12-23-25(20)18-10-6-7-11-22-18)21(27)28-13-19(26)24-17-9-5-4-8-15(17)3/h4-12,14H,13H2,1-3H3,(H,24,26). The van der Waals surface area contributed by atoms with Gasteiger partial charge >= 0.3 is 5.97 Å². The third-order valence-electron chi connectivity index (χ3n) is 4.19. The molecule has 0 aliphatic carbocycles. The summed E-state index contributed by atoms with van der Waals surface area (Å²) in [5, 5.41) is 7.03. The number of rotatable bonds is 6. The molecule has 0 aliphatic rings. The van der Waals surface area contributed by atoms with Gasteiger partial charge in [-0.3, -0.25) is 4.79 Å². The second-order valence-corrected chi connectivity index (χ2v) is 6.64. The number of pyridine rings is 1. The molecule has 0 saturated carbocycles. The molecular formula is C21H22N4O3. The minimum absolute atomic E-state index is 0.00727. The minimum atomic E-state index is -0.592. The van der Waals surface area contributed by atoms with Gasteiger partial charge in [-0.25, -0.2) is 14.5 Å². The average Bonchev–Trinajstić information content (AvgIpc) is 3.14.